The van der Waals surface area contributed by atoms with Crippen LogP contribution in [-0.2, 0) is 18.2 Å². The fraction of sp³-hybridized carbons (Fsp3) is 0.786. The summed E-state index contributed by atoms with van der Waals surface area (Å²) in [5.41, 5.74) is 1.60. The molecule has 4 nitrogen and oxygen atoms in total. The molecule has 0 bridgehead atoms. The Labute approximate surface area is 110 Å². The molecule has 2 atom stereocenters. The molecule has 0 spiro atoms. The van der Waals surface area contributed by atoms with Gasteiger partial charge in [-0.15, -0.1) is 0 Å². The molecule has 1 saturated heterocycles. The van der Waals surface area contributed by atoms with Gasteiger partial charge < -0.3 is 10.1 Å². The van der Waals surface area contributed by atoms with Crippen LogP contribution >= 0.6 is 0 Å². The van der Waals surface area contributed by atoms with Crippen LogP contribution in [0.4, 0.5) is 0 Å². The fourth-order valence-electron chi connectivity index (χ4n) is 2.87. The molecule has 2 rings (SSSR count). The average Bonchev–Trinajstić information content (AvgIpc) is 2.92. The summed E-state index contributed by atoms with van der Waals surface area (Å²) < 4.78 is 7.78. The van der Waals surface area contributed by atoms with Crippen molar-refractivity contribution in [3.63, 3.8) is 0 Å². The van der Waals surface area contributed by atoms with Gasteiger partial charge in [0.15, 0.2) is 0 Å². The number of aromatic nitrogens is 2. The Morgan fingerprint density at radius 3 is 3.00 bits per heavy atom. The van der Waals surface area contributed by atoms with Crippen LogP contribution in [0.3, 0.4) is 0 Å². The topological polar surface area (TPSA) is 39.1 Å². The molecule has 4 heteroatoms. The van der Waals surface area contributed by atoms with Crippen LogP contribution in [0.25, 0.3) is 0 Å². The normalized spacial score (nSPS) is 27.8. The van der Waals surface area contributed by atoms with E-state index < -0.39 is 0 Å². The van der Waals surface area contributed by atoms with Gasteiger partial charge in [0, 0.05) is 37.5 Å². The van der Waals surface area contributed by atoms with Crippen molar-refractivity contribution < 1.29 is 4.74 Å². The monoisotopic (exact) mass is 251 g/mol. The predicted octanol–water partition coefficient (Wildman–Crippen LogP) is 1.76. The maximum absolute atomic E-state index is 5.80. The summed E-state index contributed by atoms with van der Waals surface area (Å²) in [6.45, 7) is 7.36. The molecular weight excluding hydrogens is 226 g/mol. The summed E-state index contributed by atoms with van der Waals surface area (Å²) in [7, 11) is 2.01. The minimum atomic E-state index is 0.292. The minimum Gasteiger partial charge on any atom is -0.378 e. The van der Waals surface area contributed by atoms with E-state index in [9.17, 15) is 0 Å². The Balaban J connectivity index is 1.99. The fourth-order valence-corrected chi connectivity index (χ4v) is 2.87. The van der Waals surface area contributed by atoms with Crippen LogP contribution in [0, 0.1) is 5.41 Å². The van der Waals surface area contributed by atoms with Gasteiger partial charge in [0.25, 0.3) is 0 Å². The van der Waals surface area contributed by atoms with Gasteiger partial charge in [0.2, 0.25) is 0 Å². The Morgan fingerprint density at radius 1 is 1.61 bits per heavy atom. The Bertz CT molecular complexity index is 377. The predicted molar refractivity (Wildman–Crippen MR) is 72.5 cm³/mol. The summed E-state index contributed by atoms with van der Waals surface area (Å²) in [6, 6.07) is 2.11. The van der Waals surface area contributed by atoms with Gasteiger partial charge in [-0.05, 0) is 38.8 Å². The van der Waals surface area contributed by atoms with E-state index in [-0.39, 0.29) is 0 Å². The van der Waals surface area contributed by atoms with Crippen LogP contribution in [0.1, 0.15) is 32.4 Å². The largest absolute Gasteiger partial charge is 0.378 e. The number of aryl methyl sites for hydroxylation is 2. The summed E-state index contributed by atoms with van der Waals surface area (Å²) in [4.78, 5) is 0. The first-order valence-corrected chi connectivity index (χ1v) is 6.97. The molecule has 102 valence electrons. The van der Waals surface area contributed by atoms with Crippen molar-refractivity contribution in [2.75, 3.05) is 19.7 Å². The zero-order chi connectivity index (χ0) is 13.0. The molecule has 0 saturated carbocycles. The van der Waals surface area contributed by atoms with Crippen molar-refractivity contribution in [1.82, 2.24) is 15.1 Å². The van der Waals surface area contributed by atoms with Gasteiger partial charge in [-0.1, -0.05) is 6.92 Å². The third-order valence-electron chi connectivity index (χ3n) is 4.36. The van der Waals surface area contributed by atoms with Crippen LogP contribution < -0.4 is 5.32 Å². The summed E-state index contributed by atoms with van der Waals surface area (Å²) in [6.07, 6.45) is 5.64. The molecule has 1 aromatic rings. The van der Waals surface area contributed by atoms with Crippen molar-refractivity contribution in [1.29, 1.82) is 0 Å². The number of nitrogens with one attached hydrogen (secondary N) is 1. The van der Waals surface area contributed by atoms with Crippen LogP contribution in [0.5, 0.6) is 0 Å². The Hall–Kier alpha value is -0.870. The zero-order valence-corrected chi connectivity index (χ0v) is 11.8. The van der Waals surface area contributed by atoms with Gasteiger partial charge in [-0.3, -0.25) is 4.68 Å². The van der Waals surface area contributed by atoms with Crippen LogP contribution in [0.15, 0.2) is 12.3 Å². The van der Waals surface area contributed by atoms with E-state index in [1.54, 1.807) is 0 Å². The molecule has 2 unspecified atom stereocenters. The van der Waals surface area contributed by atoms with E-state index >= 15 is 0 Å². The zero-order valence-electron chi connectivity index (χ0n) is 11.8. The number of rotatable bonds is 6. The summed E-state index contributed by atoms with van der Waals surface area (Å²) >= 11 is 0. The highest BCUT2D eigenvalue weighted by atomic mass is 16.5. The number of ether oxygens (including phenoxy) is 1. The second-order valence-electron chi connectivity index (χ2n) is 5.35. The molecule has 0 radical (unpaired) electrons. The molecule has 1 aliphatic rings. The standard InChI is InChI=1S/C14H25N3O/c1-4-15-11-14(8-10-18-12(14)2)7-5-13-6-9-16-17(13)3/h6,9,12,15H,4-5,7-8,10-11H2,1-3H3. The average molecular weight is 251 g/mol. The highest BCUT2D eigenvalue weighted by Gasteiger charge is 2.40. The van der Waals surface area contributed by atoms with Gasteiger partial charge in [0.1, 0.15) is 0 Å². The lowest BCUT2D eigenvalue weighted by Gasteiger charge is -2.32. The van der Waals surface area contributed by atoms with Crippen LogP contribution in [-0.4, -0.2) is 35.6 Å². The van der Waals surface area contributed by atoms with Crippen LogP contribution in [0.2, 0.25) is 0 Å². The molecule has 0 amide bonds. The van der Waals surface area contributed by atoms with Crippen molar-refractivity contribution in [2.45, 2.75) is 39.2 Å². The van der Waals surface area contributed by atoms with Crippen molar-refractivity contribution >= 4 is 0 Å². The molecule has 0 aliphatic carbocycles. The van der Waals surface area contributed by atoms with Gasteiger partial charge in [-0.25, -0.2) is 0 Å². The lowest BCUT2D eigenvalue weighted by molar-refractivity contribution is 0.0586. The Kier molecular flexibility index (Phi) is 4.40. The third-order valence-corrected chi connectivity index (χ3v) is 4.36. The van der Waals surface area contributed by atoms with Crippen molar-refractivity contribution in [2.24, 2.45) is 12.5 Å². The summed E-state index contributed by atoms with van der Waals surface area (Å²) in [5.74, 6) is 0. The van der Waals surface area contributed by atoms with E-state index in [4.69, 9.17) is 4.74 Å². The lowest BCUT2D eigenvalue weighted by Crippen LogP contribution is -2.40. The molecular formula is C14H25N3O. The van der Waals surface area contributed by atoms with Crippen molar-refractivity contribution in [3.05, 3.63) is 18.0 Å². The van der Waals surface area contributed by atoms with E-state index in [1.807, 2.05) is 17.9 Å². The molecule has 1 N–H and O–H groups in total. The molecule has 18 heavy (non-hydrogen) atoms. The molecule has 0 aromatic carbocycles. The van der Waals surface area contributed by atoms with E-state index in [0.717, 1.165) is 26.1 Å². The van der Waals surface area contributed by atoms with E-state index in [0.29, 0.717) is 11.5 Å². The molecule has 2 heterocycles. The Morgan fingerprint density at radius 2 is 2.44 bits per heavy atom. The maximum Gasteiger partial charge on any atom is 0.0616 e. The first kappa shape index (κ1) is 13.6. The van der Waals surface area contributed by atoms with Gasteiger partial charge >= 0.3 is 0 Å². The quantitative estimate of drug-likeness (QED) is 0.837. The second-order valence-corrected chi connectivity index (χ2v) is 5.35. The maximum atomic E-state index is 5.80. The van der Waals surface area contributed by atoms with Crippen molar-refractivity contribution in [3.8, 4) is 0 Å². The minimum absolute atomic E-state index is 0.292. The lowest BCUT2D eigenvalue weighted by atomic mass is 9.77. The summed E-state index contributed by atoms with van der Waals surface area (Å²) in [5, 5.41) is 7.74. The first-order chi connectivity index (χ1) is 8.68. The highest BCUT2D eigenvalue weighted by Crippen LogP contribution is 2.38. The smallest absolute Gasteiger partial charge is 0.0616 e. The molecule has 1 aromatic heterocycles. The van der Waals surface area contributed by atoms with E-state index in [1.165, 1.54) is 18.5 Å². The molecule has 1 aliphatic heterocycles. The highest BCUT2D eigenvalue weighted by molar-refractivity contribution is 5.03. The first-order valence-electron chi connectivity index (χ1n) is 6.97. The van der Waals surface area contributed by atoms with E-state index in [2.05, 4.69) is 30.3 Å². The second kappa shape index (κ2) is 5.85. The van der Waals surface area contributed by atoms with Gasteiger partial charge in [-0.2, -0.15) is 5.10 Å². The molecule has 1 fully saturated rings. The van der Waals surface area contributed by atoms with Gasteiger partial charge in [0.05, 0.1) is 6.10 Å². The number of nitrogens with zero attached hydrogens (tertiary/aromatic N) is 2. The number of hydrogen-bond acceptors (Lipinski definition) is 3. The number of hydrogen-bond donors (Lipinski definition) is 1. The third kappa shape index (κ3) is 2.75. The SMILES string of the molecule is CCNCC1(CCc2ccnn2C)CCOC1C.